The van der Waals surface area contributed by atoms with Crippen molar-refractivity contribution in [3.63, 3.8) is 0 Å². The van der Waals surface area contributed by atoms with Gasteiger partial charge in [-0.15, -0.1) is 0 Å². The number of nitrogens with zero attached hydrogens (tertiary/aromatic N) is 5. The molecule has 0 spiro atoms. The first-order valence-corrected chi connectivity index (χ1v) is 7.67. The Bertz CT molecular complexity index is 674. The Labute approximate surface area is 133 Å². The normalized spacial score (nSPS) is 27.7. The molecule has 0 aromatic carbocycles. The Kier molecular flexibility index (Phi) is 4.44. The van der Waals surface area contributed by atoms with Crippen molar-refractivity contribution < 1.29 is 20.1 Å². The van der Waals surface area contributed by atoms with Gasteiger partial charge in [0.25, 0.3) is 0 Å². The fraction of sp³-hybridized carbons (Fsp3) is 0.643. The summed E-state index contributed by atoms with van der Waals surface area (Å²) < 4.78 is 7.10. The van der Waals surface area contributed by atoms with Crippen molar-refractivity contribution in [2.75, 3.05) is 24.6 Å². The number of ether oxygens (including phenoxy) is 1. The van der Waals surface area contributed by atoms with Crippen molar-refractivity contribution in [1.82, 2.24) is 19.5 Å². The molecule has 3 N–H and O–H groups in total. The van der Waals surface area contributed by atoms with Crippen LogP contribution in [-0.2, 0) is 4.74 Å². The first-order chi connectivity index (χ1) is 11.1. The van der Waals surface area contributed by atoms with E-state index < -0.39 is 24.5 Å². The molecule has 0 amide bonds. The lowest BCUT2D eigenvalue weighted by Gasteiger charge is -2.20. The minimum absolute atomic E-state index is 0.374. The van der Waals surface area contributed by atoms with E-state index in [4.69, 9.17) is 4.74 Å². The van der Waals surface area contributed by atoms with Crippen LogP contribution in [0.25, 0.3) is 11.2 Å². The van der Waals surface area contributed by atoms with Crippen molar-refractivity contribution in [3.8, 4) is 0 Å². The molecule has 0 unspecified atom stereocenters. The summed E-state index contributed by atoms with van der Waals surface area (Å²) in [6.45, 7) is 5.24. The molecule has 9 heteroatoms. The van der Waals surface area contributed by atoms with Crippen molar-refractivity contribution >= 4 is 17.0 Å². The van der Waals surface area contributed by atoms with Crippen LogP contribution in [0.2, 0.25) is 0 Å². The summed E-state index contributed by atoms with van der Waals surface area (Å²) in [5, 5.41) is 29.3. The lowest BCUT2D eigenvalue weighted by molar-refractivity contribution is -0.0511. The minimum Gasteiger partial charge on any atom is -0.394 e. The van der Waals surface area contributed by atoms with Gasteiger partial charge in [-0.3, -0.25) is 4.57 Å². The molecular weight excluding hydrogens is 302 g/mol. The maximum Gasteiger partial charge on any atom is 0.167 e. The number of aromatic nitrogens is 4. The second kappa shape index (κ2) is 6.36. The molecule has 23 heavy (non-hydrogen) atoms. The number of rotatable bonds is 5. The maximum atomic E-state index is 10.2. The molecule has 9 nitrogen and oxygen atoms in total. The van der Waals surface area contributed by atoms with Crippen molar-refractivity contribution in [2.24, 2.45) is 0 Å². The van der Waals surface area contributed by atoms with Crippen LogP contribution in [0.15, 0.2) is 12.7 Å². The summed E-state index contributed by atoms with van der Waals surface area (Å²) in [6, 6.07) is 0. The van der Waals surface area contributed by atoms with Crippen LogP contribution in [0.3, 0.4) is 0 Å². The van der Waals surface area contributed by atoms with E-state index in [1.165, 1.54) is 12.7 Å². The van der Waals surface area contributed by atoms with E-state index in [9.17, 15) is 15.3 Å². The van der Waals surface area contributed by atoms with Gasteiger partial charge < -0.3 is 25.0 Å². The number of fused-ring (bicyclic) bond motifs is 1. The molecule has 0 aliphatic carbocycles. The van der Waals surface area contributed by atoms with Gasteiger partial charge in [0.2, 0.25) is 0 Å². The number of aliphatic hydroxyl groups excluding tert-OH is 3. The van der Waals surface area contributed by atoms with E-state index in [1.54, 1.807) is 4.57 Å². The molecule has 126 valence electrons. The molecule has 1 fully saturated rings. The summed E-state index contributed by atoms with van der Waals surface area (Å²) in [4.78, 5) is 14.9. The summed E-state index contributed by atoms with van der Waals surface area (Å²) in [7, 11) is 0. The number of imidazole rings is 1. The van der Waals surface area contributed by atoms with Crippen LogP contribution in [0.1, 0.15) is 20.1 Å². The smallest absolute Gasteiger partial charge is 0.167 e. The van der Waals surface area contributed by atoms with Crippen molar-refractivity contribution in [3.05, 3.63) is 12.7 Å². The standard InChI is InChI=1S/C14H21N5O4/c1-3-18(4-2)12-9-13(16-6-15-12)19(7-17-9)14-11(22)10(21)8(5-20)23-14/h6-8,10-11,14,20-22H,3-5H2,1-2H3/t8-,10-,11-,14+/m1/s1. The summed E-state index contributed by atoms with van der Waals surface area (Å²) in [5.41, 5.74) is 1.12. The second-order valence-electron chi connectivity index (χ2n) is 5.42. The molecule has 0 bridgehead atoms. The highest BCUT2D eigenvalue weighted by atomic mass is 16.6. The monoisotopic (exact) mass is 323 g/mol. The van der Waals surface area contributed by atoms with E-state index in [0.29, 0.717) is 17.0 Å². The quantitative estimate of drug-likeness (QED) is 0.660. The topological polar surface area (TPSA) is 117 Å². The number of hydrogen-bond acceptors (Lipinski definition) is 8. The molecule has 0 saturated carbocycles. The van der Waals surface area contributed by atoms with Crippen molar-refractivity contribution in [1.29, 1.82) is 0 Å². The largest absolute Gasteiger partial charge is 0.394 e. The Morgan fingerprint density at radius 1 is 1.17 bits per heavy atom. The van der Waals surface area contributed by atoms with Gasteiger partial charge in [-0.1, -0.05) is 0 Å². The lowest BCUT2D eigenvalue weighted by atomic mass is 10.1. The van der Waals surface area contributed by atoms with E-state index in [0.717, 1.165) is 13.1 Å². The van der Waals surface area contributed by atoms with Gasteiger partial charge in [0.1, 0.15) is 24.6 Å². The zero-order chi connectivity index (χ0) is 16.6. The Hall–Kier alpha value is -1.81. The van der Waals surface area contributed by atoms with E-state index in [-0.39, 0.29) is 6.61 Å². The van der Waals surface area contributed by atoms with Gasteiger partial charge in [0.15, 0.2) is 23.2 Å². The summed E-state index contributed by atoms with van der Waals surface area (Å²) in [5.74, 6) is 0.713. The molecule has 1 saturated heterocycles. The van der Waals surface area contributed by atoms with Crippen LogP contribution < -0.4 is 4.90 Å². The summed E-state index contributed by atoms with van der Waals surface area (Å²) >= 11 is 0. The predicted molar refractivity (Wildman–Crippen MR) is 81.9 cm³/mol. The average molecular weight is 323 g/mol. The molecule has 1 aliphatic rings. The first-order valence-electron chi connectivity index (χ1n) is 7.67. The van der Waals surface area contributed by atoms with Gasteiger partial charge in [-0.25, -0.2) is 15.0 Å². The van der Waals surface area contributed by atoms with Gasteiger partial charge in [-0.05, 0) is 13.8 Å². The number of anilines is 1. The van der Waals surface area contributed by atoms with Gasteiger partial charge in [0, 0.05) is 13.1 Å². The number of hydrogen-bond donors (Lipinski definition) is 3. The molecular formula is C14H21N5O4. The third kappa shape index (κ3) is 2.55. The average Bonchev–Trinajstić information content (AvgIpc) is 3.11. The summed E-state index contributed by atoms with van der Waals surface area (Å²) in [6.07, 6.45) is -1.08. The van der Waals surface area contributed by atoms with Gasteiger partial charge in [-0.2, -0.15) is 0 Å². The van der Waals surface area contributed by atoms with E-state index in [2.05, 4.69) is 19.9 Å². The minimum atomic E-state index is -1.17. The molecule has 2 aromatic rings. The highest BCUT2D eigenvalue weighted by Crippen LogP contribution is 2.32. The first kappa shape index (κ1) is 16.1. The van der Waals surface area contributed by atoms with Gasteiger partial charge in [0.05, 0.1) is 12.9 Å². The molecule has 2 aromatic heterocycles. The van der Waals surface area contributed by atoms with Crippen LogP contribution in [0.5, 0.6) is 0 Å². The SMILES string of the molecule is CCN(CC)c1ncnc2c1ncn2[C@H]1O[C@H](CO)[C@@H](O)[C@H]1O. The Balaban J connectivity index is 2.02. The third-order valence-corrected chi connectivity index (χ3v) is 4.19. The van der Waals surface area contributed by atoms with Crippen LogP contribution >= 0.6 is 0 Å². The Morgan fingerprint density at radius 2 is 1.91 bits per heavy atom. The predicted octanol–water partition coefficient (Wildman–Crippen LogP) is -0.716. The Morgan fingerprint density at radius 3 is 2.52 bits per heavy atom. The number of aliphatic hydroxyl groups is 3. The van der Waals surface area contributed by atoms with E-state index in [1.807, 2.05) is 13.8 Å². The molecule has 3 rings (SSSR count). The molecule has 4 atom stereocenters. The highest BCUT2D eigenvalue weighted by Gasteiger charge is 2.44. The van der Waals surface area contributed by atoms with Crippen LogP contribution in [0.4, 0.5) is 5.82 Å². The molecule has 3 heterocycles. The van der Waals surface area contributed by atoms with Crippen molar-refractivity contribution in [2.45, 2.75) is 38.4 Å². The highest BCUT2D eigenvalue weighted by molar-refractivity contribution is 5.83. The fourth-order valence-corrected chi connectivity index (χ4v) is 2.89. The van der Waals surface area contributed by atoms with Gasteiger partial charge >= 0.3 is 0 Å². The second-order valence-corrected chi connectivity index (χ2v) is 5.42. The zero-order valence-electron chi connectivity index (χ0n) is 13.1. The van der Waals surface area contributed by atoms with Crippen LogP contribution in [-0.4, -0.2) is 72.8 Å². The lowest BCUT2D eigenvalue weighted by Crippen LogP contribution is -2.33. The maximum absolute atomic E-state index is 10.2. The van der Waals surface area contributed by atoms with Crippen LogP contribution in [0, 0.1) is 0 Å². The zero-order valence-corrected chi connectivity index (χ0v) is 13.1. The fourth-order valence-electron chi connectivity index (χ4n) is 2.89. The molecule has 1 aliphatic heterocycles. The molecule has 0 radical (unpaired) electrons. The van der Waals surface area contributed by atoms with E-state index >= 15 is 0 Å². The third-order valence-electron chi connectivity index (χ3n) is 4.19.